The summed E-state index contributed by atoms with van der Waals surface area (Å²) < 4.78 is 2.23. The summed E-state index contributed by atoms with van der Waals surface area (Å²) in [5, 5.41) is 19.7. The maximum atomic E-state index is 5.15. The molecule has 0 aliphatic heterocycles. The van der Waals surface area contributed by atoms with Crippen LogP contribution in [0.4, 0.5) is 0 Å². The number of hydrogen-bond donors (Lipinski definition) is 1. The maximum absolute atomic E-state index is 5.15. The van der Waals surface area contributed by atoms with Crippen LogP contribution >= 0.6 is 0 Å². The van der Waals surface area contributed by atoms with Crippen molar-refractivity contribution < 1.29 is 0 Å². The fraction of sp³-hybridized carbons (Fsp3) is 0.516. The molecule has 0 spiro atoms. The molecule has 1 N–H and O–H groups in total. The zero-order valence-corrected chi connectivity index (χ0v) is 22.3. The van der Waals surface area contributed by atoms with E-state index in [4.69, 9.17) is 10.1 Å². The van der Waals surface area contributed by atoms with Gasteiger partial charge in [-0.25, -0.2) is 9.67 Å². The van der Waals surface area contributed by atoms with E-state index in [0.29, 0.717) is 11.2 Å². The van der Waals surface area contributed by atoms with Crippen molar-refractivity contribution in [1.82, 2.24) is 35.4 Å². The average molecular weight is 508 g/mol. The van der Waals surface area contributed by atoms with Gasteiger partial charge in [-0.05, 0) is 90.0 Å². The van der Waals surface area contributed by atoms with E-state index in [1.54, 1.807) is 0 Å². The number of unbranched alkanes of at least 4 members (excludes halogenated alkanes) is 1. The zero-order chi connectivity index (χ0) is 25.5. The van der Waals surface area contributed by atoms with Gasteiger partial charge in [-0.15, -0.1) is 10.2 Å². The van der Waals surface area contributed by atoms with E-state index >= 15 is 0 Å². The fourth-order valence-electron chi connectivity index (χ4n) is 8.13. The lowest BCUT2D eigenvalue weighted by atomic mass is 9.49. The molecule has 4 bridgehead atoms. The van der Waals surface area contributed by atoms with E-state index in [1.807, 2.05) is 12.1 Å². The van der Waals surface area contributed by atoms with Gasteiger partial charge in [0.05, 0.1) is 6.54 Å². The third-order valence-corrected chi connectivity index (χ3v) is 9.35. The van der Waals surface area contributed by atoms with Crippen LogP contribution in [0.5, 0.6) is 0 Å². The predicted molar refractivity (Wildman–Crippen MR) is 147 cm³/mol. The Morgan fingerprint density at radius 2 is 1.63 bits per heavy atom. The standard InChI is InChI=1S/C31H37N7/c1-2-3-8-28-32-29(19-31-16-22-13-23(17-31)15-24(14-22)18-31)38(35-28)20-21-9-11-25(12-10-21)26-6-4-5-7-27(26)30-33-36-37-34-30/h4-7,9-12,22-24H,2-3,8,13-20H2,1H3,(H,33,34,36,37). The van der Waals surface area contributed by atoms with Crippen LogP contribution in [0.1, 0.15) is 75.5 Å². The number of hydrogen-bond acceptors (Lipinski definition) is 5. The van der Waals surface area contributed by atoms with E-state index in [-0.39, 0.29) is 0 Å². The summed E-state index contributed by atoms with van der Waals surface area (Å²) in [6.45, 7) is 3.01. The minimum atomic E-state index is 0.463. The summed E-state index contributed by atoms with van der Waals surface area (Å²) in [5.41, 5.74) is 4.94. The van der Waals surface area contributed by atoms with Gasteiger partial charge in [-0.1, -0.05) is 61.9 Å². The number of nitrogens with zero attached hydrogens (tertiary/aromatic N) is 6. The van der Waals surface area contributed by atoms with Crippen molar-refractivity contribution in [2.75, 3.05) is 0 Å². The smallest absolute Gasteiger partial charge is 0.205 e. The van der Waals surface area contributed by atoms with E-state index in [9.17, 15) is 0 Å². The van der Waals surface area contributed by atoms with Gasteiger partial charge in [0.25, 0.3) is 0 Å². The maximum Gasteiger partial charge on any atom is 0.205 e. The van der Waals surface area contributed by atoms with Gasteiger partial charge in [0.1, 0.15) is 5.82 Å². The molecular formula is C31H37N7. The van der Waals surface area contributed by atoms with Gasteiger partial charge < -0.3 is 0 Å². The van der Waals surface area contributed by atoms with Crippen LogP contribution in [0.2, 0.25) is 0 Å². The summed E-state index contributed by atoms with van der Waals surface area (Å²) in [4.78, 5) is 5.15. The van der Waals surface area contributed by atoms with E-state index < -0.39 is 0 Å². The minimum Gasteiger partial charge on any atom is -0.245 e. The third-order valence-electron chi connectivity index (χ3n) is 9.35. The van der Waals surface area contributed by atoms with E-state index in [2.05, 4.69) is 68.6 Å². The molecule has 4 fully saturated rings. The highest BCUT2D eigenvalue weighted by Gasteiger charge is 2.51. The number of aromatic nitrogens is 7. The largest absolute Gasteiger partial charge is 0.245 e. The summed E-state index contributed by atoms with van der Waals surface area (Å²) >= 11 is 0. The molecule has 7 heteroatoms. The molecule has 7 nitrogen and oxygen atoms in total. The SMILES string of the molecule is CCCCc1nc(CC23CC4CC(CC(C4)C2)C3)n(Cc2ccc(-c3ccccc3-c3nn[nH]n3)cc2)n1. The molecule has 4 aliphatic rings. The predicted octanol–water partition coefficient (Wildman–Crippen LogP) is 6.28. The van der Waals surface area contributed by atoms with Crippen LogP contribution in [0.15, 0.2) is 48.5 Å². The number of aryl methyl sites for hydroxylation is 1. The summed E-state index contributed by atoms with van der Waals surface area (Å²) in [7, 11) is 0. The number of benzene rings is 2. The van der Waals surface area contributed by atoms with Crippen LogP contribution in [0.3, 0.4) is 0 Å². The Balaban J connectivity index is 1.14. The van der Waals surface area contributed by atoms with Crippen LogP contribution in [0.25, 0.3) is 22.5 Å². The average Bonchev–Trinajstić information content (AvgIpc) is 3.58. The zero-order valence-electron chi connectivity index (χ0n) is 22.3. The molecule has 2 aromatic heterocycles. The first kappa shape index (κ1) is 23.7. The molecule has 38 heavy (non-hydrogen) atoms. The molecule has 0 saturated heterocycles. The van der Waals surface area contributed by atoms with Gasteiger partial charge in [0.15, 0.2) is 5.82 Å². The minimum absolute atomic E-state index is 0.463. The van der Waals surface area contributed by atoms with Gasteiger partial charge in [0, 0.05) is 18.4 Å². The van der Waals surface area contributed by atoms with Crippen LogP contribution < -0.4 is 0 Å². The summed E-state index contributed by atoms with van der Waals surface area (Å²) in [5.74, 6) is 5.73. The molecule has 196 valence electrons. The molecule has 0 amide bonds. The van der Waals surface area contributed by atoms with Crippen molar-refractivity contribution in [1.29, 1.82) is 0 Å². The van der Waals surface area contributed by atoms with Crippen LogP contribution in [-0.2, 0) is 19.4 Å². The van der Waals surface area contributed by atoms with Crippen molar-refractivity contribution in [3.05, 3.63) is 65.7 Å². The highest BCUT2D eigenvalue weighted by Crippen LogP contribution is 2.61. The monoisotopic (exact) mass is 507 g/mol. The van der Waals surface area contributed by atoms with Crippen molar-refractivity contribution in [2.24, 2.45) is 23.2 Å². The van der Waals surface area contributed by atoms with Crippen molar-refractivity contribution in [3.8, 4) is 22.5 Å². The first-order chi connectivity index (χ1) is 18.7. The molecule has 4 aromatic rings. The van der Waals surface area contributed by atoms with Crippen LogP contribution in [0, 0.1) is 23.2 Å². The second-order valence-electron chi connectivity index (χ2n) is 12.3. The van der Waals surface area contributed by atoms with Gasteiger partial charge >= 0.3 is 0 Å². The van der Waals surface area contributed by atoms with Gasteiger partial charge in [0.2, 0.25) is 5.82 Å². The Kier molecular flexibility index (Phi) is 6.09. The Morgan fingerprint density at radius 1 is 0.921 bits per heavy atom. The molecule has 0 unspecified atom stereocenters. The van der Waals surface area contributed by atoms with E-state index in [1.165, 1.54) is 56.3 Å². The van der Waals surface area contributed by atoms with Crippen LogP contribution in [-0.4, -0.2) is 35.4 Å². The molecule has 0 radical (unpaired) electrons. The lowest BCUT2D eigenvalue weighted by molar-refractivity contribution is -0.0536. The first-order valence-corrected chi connectivity index (χ1v) is 14.5. The molecule has 2 aromatic carbocycles. The van der Waals surface area contributed by atoms with Gasteiger partial charge in [-0.2, -0.15) is 10.3 Å². The lowest BCUT2D eigenvalue weighted by Gasteiger charge is -2.56. The molecular weight excluding hydrogens is 470 g/mol. The molecule has 2 heterocycles. The number of rotatable bonds is 9. The summed E-state index contributed by atoms with van der Waals surface area (Å²) in [6.07, 6.45) is 13.1. The fourth-order valence-corrected chi connectivity index (χ4v) is 8.13. The second kappa shape index (κ2) is 9.75. The second-order valence-corrected chi connectivity index (χ2v) is 12.3. The number of aromatic amines is 1. The molecule has 4 aliphatic carbocycles. The van der Waals surface area contributed by atoms with Crippen molar-refractivity contribution in [3.63, 3.8) is 0 Å². The number of H-pyrrole nitrogens is 1. The Bertz CT molecular complexity index is 1350. The third kappa shape index (κ3) is 4.56. The number of nitrogens with one attached hydrogen (secondary N) is 1. The topological polar surface area (TPSA) is 85.2 Å². The highest BCUT2D eigenvalue weighted by molar-refractivity contribution is 5.80. The van der Waals surface area contributed by atoms with Crippen molar-refractivity contribution >= 4 is 0 Å². The number of tetrazole rings is 1. The molecule has 8 rings (SSSR count). The first-order valence-electron chi connectivity index (χ1n) is 14.5. The Labute approximate surface area is 224 Å². The molecule has 4 saturated carbocycles. The Hall–Kier alpha value is -3.35. The van der Waals surface area contributed by atoms with E-state index in [0.717, 1.165) is 66.1 Å². The normalized spacial score (nSPS) is 25.8. The van der Waals surface area contributed by atoms with Gasteiger partial charge in [-0.3, -0.25) is 0 Å². The van der Waals surface area contributed by atoms with Crippen molar-refractivity contribution in [2.45, 2.75) is 77.7 Å². The highest BCUT2D eigenvalue weighted by atomic mass is 15.5. The molecule has 0 atom stereocenters. The quantitative estimate of drug-likeness (QED) is 0.288. The summed E-state index contributed by atoms with van der Waals surface area (Å²) in [6, 6.07) is 17.1. The Morgan fingerprint density at radius 3 is 2.29 bits per heavy atom. The lowest BCUT2D eigenvalue weighted by Crippen LogP contribution is -2.47.